The van der Waals surface area contributed by atoms with Crippen LogP contribution in [0.3, 0.4) is 0 Å². The molecule has 0 bridgehead atoms. The molecule has 1 N–H and O–H groups in total. The summed E-state index contributed by atoms with van der Waals surface area (Å²) in [4.78, 5) is 1.20. The quantitative estimate of drug-likeness (QED) is 0.530. The summed E-state index contributed by atoms with van der Waals surface area (Å²) in [7, 11) is 0. The van der Waals surface area contributed by atoms with Gasteiger partial charge in [0, 0.05) is 6.04 Å². The number of para-hydroxylation sites is 1. The van der Waals surface area contributed by atoms with E-state index < -0.39 is 9.89 Å². The van der Waals surface area contributed by atoms with E-state index in [0.29, 0.717) is 10.8 Å². The molecule has 2 atom stereocenters. The van der Waals surface area contributed by atoms with E-state index in [0.717, 1.165) is 27.5 Å². The van der Waals surface area contributed by atoms with Crippen LogP contribution in [0.4, 0.5) is 8.78 Å². The van der Waals surface area contributed by atoms with Gasteiger partial charge in [-0.15, -0.1) is 11.3 Å². The van der Waals surface area contributed by atoms with Gasteiger partial charge in [0.1, 0.15) is 0 Å². The fourth-order valence-corrected chi connectivity index (χ4v) is 5.69. The summed E-state index contributed by atoms with van der Waals surface area (Å²) < 4.78 is 36.0. The van der Waals surface area contributed by atoms with E-state index in [9.17, 15) is 8.78 Å². The molecular weight excluding hydrogens is 442 g/mol. The minimum atomic E-state index is -3.26. The SMILES string of the molecule is FC(F)(Br)[C@@]1(Sc2nc3ccccc3s2)N[C@@H](Cc2ccccc2)CO1. The minimum absolute atomic E-state index is 0.202. The van der Waals surface area contributed by atoms with Crippen LogP contribution >= 0.6 is 39.0 Å². The van der Waals surface area contributed by atoms with Crippen molar-refractivity contribution < 1.29 is 13.5 Å². The normalized spacial score (nSPS) is 23.6. The summed E-state index contributed by atoms with van der Waals surface area (Å²) in [5.74, 6) is 0. The fraction of sp³-hybridized carbons (Fsp3) is 0.278. The number of ether oxygens (including phenoxy) is 1. The number of rotatable bonds is 5. The lowest BCUT2D eigenvalue weighted by atomic mass is 10.1. The number of alkyl halides is 3. The van der Waals surface area contributed by atoms with Gasteiger partial charge in [-0.2, -0.15) is 8.78 Å². The van der Waals surface area contributed by atoms with Crippen molar-refractivity contribution in [2.24, 2.45) is 0 Å². The van der Waals surface area contributed by atoms with Gasteiger partial charge >= 0.3 is 4.83 Å². The van der Waals surface area contributed by atoms with Crippen LogP contribution in [0.15, 0.2) is 58.9 Å². The number of thiazole rings is 1. The molecule has 4 rings (SSSR count). The first-order valence-corrected chi connectivity index (χ1v) is 10.4. The smallest absolute Gasteiger partial charge is 0.343 e. The van der Waals surface area contributed by atoms with Gasteiger partial charge in [0.05, 0.1) is 16.8 Å². The second-order valence-electron chi connectivity index (χ2n) is 6.01. The van der Waals surface area contributed by atoms with Crippen molar-refractivity contribution >= 4 is 49.2 Å². The molecule has 1 saturated heterocycles. The van der Waals surface area contributed by atoms with Crippen LogP contribution in [0.1, 0.15) is 5.56 Å². The van der Waals surface area contributed by atoms with Gasteiger partial charge in [-0.3, -0.25) is 5.32 Å². The lowest BCUT2D eigenvalue weighted by Crippen LogP contribution is -2.52. The van der Waals surface area contributed by atoms with E-state index >= 15 is 0 Å². The Morgan fingerprint density at radius 1 is 1.23 bits per heavy atom. The summed E-state index contributed by atoms with van der Waals surface area (Å²) in [6, 6.07) is 17.2. The van der Waals surface area contributed by atoms with E-state index in [1.165, 1.54) is 11.3 Å². The Morgan fingerprint density at radius 3 is 2.69 bits per heavy atom. The van der Waals surface area contributed by atoms with Crippen molar-refractivity contribution in [2.45, 2.75) is 26.7 Å². The fourth-order valence-electron chi connectivity index (χ4n) is 2.88. The molecule has 3 nitrogen and oxygen atoms in total. The highest BCUT2D eigenvalue weighted by Gasteiger charge is 2.59. The Kier molecular flexibility index (Phi) is 5.04. The van der Waals surface area contributed by atoms with Gasteiger partial charge in [-0.05, 0) is 51.8 Å². The monoisotopic (exact) mass is 456 g/mol. The Labute approximate surface area is 166 Å². The Hall–Kier alpha value is -1.06. The molecule has 0 saturated carbocycles. The number of benzene rings is 2. The largest absolute Gasteiger partial charge is 0.353 e. The first kappa shape index (κ1) is 18.3. The van der Waals surface area contributed by atoms with E-state index in [1.807, 2.05) is 54.6 Å². The summed E-state index contributed by atoms with van der Waals surface area (Å²) >= 11 is 4.82. The minimum Gasteiger partial charge on any atom is -0.343 e. The zero-order valence-electron chi connectivity index (χ0n) is 13.5. The lowest BCUT2D eigenvalue weighted by Gasteiger charge is -2.31. The van der Waals surface area contributed by atoms with Crippen molar-refractivity contribution in [1.82, 2.24) is 10.3 Å². The van der Waals surface area contributed by atoms with E-state index in [-0.39, 0.29) is 12.6 Å². The molecule has 0 aliphatic carbocycles. The summed E-state index contributed by atoms with van der Waals surface area (Å²) in [5.41, 5.74) is 1.87. The molecule has 3 aromatic rings. The average molecular weight is 457 g/mol. The molecule has 2 aromatic carbocycles. The number of thioether (sulfide) groups is 1. The highest BCUT2D eigenvalue weighted by molar-refractivity contribution is 9.10. The number of fused-ring (bicyclic) bond motifs is 1. The number of nitrogens with zero attached hydrogens (tertiary/aromatic N) is 1. The molecule has 0 unspecified atom stereocenters. The van der Waals surface area contributed by atoms with Gasteiger partial charge in [0.25, 0.3) is 0 Å². The van der Waals surface area contributed by atoms with Crippen molar-refractivity contribution in [1.29, 1.82) is 0 Å². The maximum absolute atomic E-state index is 14.4. The molecular formula is C18H15BrF2N2OS2. The summed E-state index contributed by atoms with van der Waals surface area (Å²) in [6.45, 7) is 0.202. The van der Waals surface area contributed by atoms with Crippen molar-refractivity contribution in [2.75, 3.05) is 6.61 Å². The van der Waals surface area contributed by atoms with Gasteiger partial charge < -0.3 is 4.74 Å². The molecule has 1 fully saturated rings. The lowest BCUT2D eigenvalue weighted by molar-refractivity contribution is -0.0764. The molecule has 26 heavy (non-hydrogen) atoms. The van der Waals surface area contributed by atoms with Crippen LogP contribution < -0.4 is 5.32 Å². The molecule has 0 spiro atoms. The molecule has 1 aromatic heterocycles. The third kappa shape index (κ3) is 3.66. The first-order valence-electron chi connectivity index (χ1n) is 8.02. The van der Waals surface area contributed by atoms with Crippen LogP contribution in [0, 0.1) is 0 Å². The second-order valence-corrected chi connectivity index (χ2v) is 9.46. The highest BCUT2D eigenvalue weighted by Crippen LogP contribution is 2.50. The Morgan fingerprint density at radius 2 is 1.96 bits per heavy atom. The van der Waals surface area contributed by atoms with Crippen LogP contribution in [0.5, 0.6) is 0 Å². The maximum atomic E-state index is 14.4. The standard InChI is InChI=1S/C18H15BrF2N2OS2/c19-17(20,21)18(26-16-22-14-8-4-5-9-15(14)25-16)23-13(11-24-18)10-12-6-2-1-3-7-12/h1-9,13,23H,10-11H2/t13-,18+/m0/s1. The van der Waals surface area contributed by atoms with E-state index in [4.69, 9.17) is 4.74 Å². The van der Waals surface area contributed by atoms with Crippen LogP contribution in [0.25, 0.3) is 10.2 Å². The molecule has 1 aliphatic rings. The molecule has 0 amide bonds. The Balaban J connectivity index is 1.57. The zero-order valence-corrected chi connectivity index (χ0v) is 16.7. The van der Waals surface area contributed by atoms with Crippen LogP contribution in [0.2, 0.25) is 0 Å². The maximum Gasteiger partial charge on any atom is 0.353 e. The highest BCUT2D eigenvalue weighted by atomic mass is 79.9. The van der Waals surface area contributed by atoms with Gasteiger partial charge in [-0.1, -0.05) is 42.5 Å². The van der Waals surface area contributed by atoms with Gasteiger partial charge in [-0.25, -0.2) is 4.98 Å². The zero-order chi connectivity index (χ0) is 18.2. The number of nitrogens with one attached hydrogen (secondary N) is 1. The average Bonchev–Trinajstić information content (AvgIpc) is 3.20. The molecule has 136 valence electrons. The summed E-state index contributed by atoms with van der Waals surface area (Å²) in [6.07, 6.45) is 0.617. The number of hydrogen-bond donors (Lipinski definition) is 1. The first-order chi connectivity index (χ1) is 12.5. The van der Waals surface area contributed by atoms with Crippen molar-refractivity contribution in [3.05, 3.63) is 60.2 Å². The number of aromatic nitrogens is 1. The van der Waals surface area contributed by atoms with Gasteiger partial charge in [0.15, 0.2) is 4.34 Å². The third-order valence-corrected chi connectivity index (χ3v) is 7.28. The third-order valence-electron chi connectivity index (χ3n) is 4.09. The predicted molar refractivity (Wildman–Crippen MR) is 105 cm³/mol. The molecule has 8 heteroatoms. The second kappa shape index (κ2) is 7.16. The predicted octanol–water partition coefficient (Wildman–Crippen LogP) is 5.26. The van der Waals surface area contributed by atoms with Crippen molar-refractivity contribution in [3.63, 3.8) is 0 Å². The van der Waals surface area contributed by atoms with Gasteiger partial charge in [0.2, 0.25) is 5.06 Å². The Bertz CT molecular complexity index is 870. The van der Waals surface area contributed by atoms with Crippen molar-refractivity contribution in [3.8, 4) is 0 Å². The topological polar surface area (TPSA) is 34.2 Å². The summed E-state index contributed by atoms with van der Waals surface area (Å²) in [5, 5.41) is 1.11. The number of halogens is 3. The molecule has 0 radical (unpaired) electrons. The molecule has 2 heterocycles. The van der Waals surface area contributed by atoms with Crippen LogP contribution in [-0.4, -0.2) is 27.5 Å². The van der Waals surface area contributed by atoms with Crippen LogP contribution in [-0.2, 0) is 11.2 Å². The van der Waals surface area contributed by atoms with E-state index in [2.05, 4.69) is 26.2 Å². The number of hydrogen-bond acceptors (Lipinski definition) is 5. The van der Waals surface area contributed by atoms with E-state index in [1.54, 1.807) is 0 Å². The molecule has 1 aliphatic heterocycles.